The van der Waals surface area contributed by atoms with Crippen LogP contribution in [0.25, 0.3) is 0 Å². The number of nitrogens with zero attached hydrogens (tertiary/aromatic N) is 1. The van der Waals surface area contributed by atoms with E-state index < -0.39 is 0 Å². The van der Waals surface area contributed by atoms with E-state index in [0.29, 0.717) is 16.2 Å². The van der Waals surface area contributed by atoms with Gasteiger partial charge in [-0.05, 0) is 19.4 Å². The number of ether oxygens (including phenoxy) is 1. The molecule has 1 aromatic rings. The monoisotopic (exact) mass is 264 g/mol. The third-order valence-electron chi connectivity index (χ3n) is 2.60. The lowest BCUT2D eigenvalue weighted by atomic mass is 10.2. The van der Waals surface area contributed by atoms with E-state index in [1.807, 2.05) is 17.7 Å². The first-order valence-electron chi connectivity index (χ1n) is 5.28. The van der Waals surface area contributed by atoms with E-state index in [1.165, 1.54) is 0 Å². The second kappa shape index (κ2) is 6.50. The Labute approximate surface area is 107 Å². The van der Waals surface area contributed by atoms with Crippen molar-refractivity contribution in [1.82, 2.24) is 9.88 Å². The zero-order chi connectivity index (χ0) is 12.1. The molecule has 0 bridgehead atoms. The quantitative estimate of drug-likeness (QED) is 0.856. The highest BCUT2D eigenvalue weighted by Crippen LogP contribution is 2.24. The largest absolute Gasteiger partial charge is 0.385 e. The molecule has 3 nitrogen and oxygen atoms in total. The van der Waals surface area contributed by atoms with E-state index >= 15 is 0 Å². The lowest BCUT2D eigenvalue weighted by Crippen LogP contribution is -2.27. The fourth-order valence-electron chi connectivity index (χ4n) is 1.43. The van der Waals surface area contributed by atoms with Crippen LogP contribution in [0.3, 0.4) is 0 Å². The fraction of sp³-hybridized carbons (Fsp3) is 0.636. The van der Waals surface area contributed by atoms with Gasteiger partial charge in [-0.2, -0.15) is 0 Å². The normalized spacial score (nSPS) is 13.1. The Bertz CT molecular complexity index is 339. The number of aromatic nitrogens is 1. The van der Waals surface area contributed by atoms with Crippen LogP contribution in [0.2, 0.25) is 10.2 Å². The lowest BCUT2D eigenvalue weighted by molar-refractivity contribution is 0.184. The van der Waals surface area contributed by atoms with Crippen molar-refractivity contribution in [2.45, 2.75) is 25.9 Å². The maximum absolute atomic E-state index is 5.98. The molecule has 0 aromatic carbocycles. The Balaban J connectivity index is 2.45. The first-order valence-corrected chi connectivity index (χ1v) is 6.03. The fourth-order valence-corrected chi connectivity index (χ4v) is 1.85. The molecule has 0 fully saturated rings. The molecule has 1 N–H and O–H groups in total. The van der Waals surface area contributed by atoms with E-state index in [-0.39, 0.29) is 0 Å². The van der Waals surface area contributed by atoms with Gasteiger partial charge in [0.05, 0.1) is 5.02 Å². The minimum atomic E-state index is 0.410. The maximum atomic E-state index is 5.98. The van der Waals surface area contributed by atoms with Gasteiger partial charge >= 0.3 is 0 Å². The predicted molar refractivity (Wildman–Crippen MR) is 68.2 cm³/mol. The molecule has 0 aliphatic heterocycles. The molecule has 0 aliphatic carbocycles. The van der Waals surface area contributed by atoms with Crippen LogP contribution in [-0.4, -0.2) is 24.3 Å². The first-order chi connectivity index (χ1) is 7.56. The summed E-state index contributed by atoms with van der Waals surface area (Å²) in [6.45, 7) is 3.65. The summed E-state index contributed by atoms with van der Waals surface area (Å²) >= 11 is 11.9. The van der Waals surface area contributed by atoms with E-state index in [4.69, 9.17) is 27.9 Å². The second-order valence-corrected chi connectivity index (χ2v) is 4.66. The summed E-state index contributed by atoms with van der Waals surface area (Å²) in [5, 5.41) is 4.59. The van der Waals surface area contributed by atoms with Gasteiger partial charge in [0.1, 0.15) is 5.15 Å². The Morgan fingerprint density at radius 1 is 1.50 bits per heavy atom. The average molecular weight is 265 g/mol. The summed E-state index contributed by atoms with van der Waals surface area (Å²) in [7, 11) is 3.62. The Morgan fingerprint density at radius 2 is 2.19 bits per heavy atom. The average Bonchev–Trinajstić information content (AvgIpc) is 2.51. The lowest BCUT2D eigenvalue weighted by Gasteiger charge is -2.13. The minimum absolute atomic E-state index is 0.410. The summed E-state index contributed by atoms with van der Waals surface area (Å²) in [6.07, 6.45) is 0.988. The molecule has 0 amide bonds. The zero-order valence-corrected chi connectivity index (χ0v) is 11.4. The molecular formula is C11H18Cl2N2O. The topological polar surface area (TPSA) is 26.2 Å². The second-order valence-electron chi connectivity index (χ2n) is 3.90. The van der Waals surface area contributed by atoms with Crippen molar-refractivity contribution in [2.24, 2.45) is 7.05 Å². The summed E-state index contributed by atoms with van der Waals surface area (Å²) in [4.78, 5) is 0. The standard InChI is InChI=1S/C11H18Cl2N2O/c1-8(4-5-16-3)14-7-9-6-10(12)11(13)15(9)2/h6,8,14H,4-5,7H2,1-3H3. The van der Waals surface area contributed by atoms with Gasteiger partial charge in [-0.1, -0.05) is 23.2 Å². The Hall–Kier alpha value is -0.220. The molecular weight excluding hydrogens is 247 g/mol. The van der Waals surface area contributed by atoms with Crippen LogP contribution in [0.5, 0.6) is 0 Å². The van der Waals surface area contributed by atoms with Gasteiger partial charge in [-0.15, -0.1) is 0 Å². The predicted octanol–water partition coefficient (Wildman–Crippen LogP) is 2.85. The number of hydrogen-bond donors (Lipinski definition) is 1. The summed E-state index contributed by atoms with van der Waals surface area (Å²) < 4.78 is 6.91. The molecule has 0 saturated heterocycles. The Morgan fingerprint density at radius 3 is 2.69 bits per heavy atom. The van der Waals surface area contributed by atoms with Crippen molar-refractivity contribution in [3.05, 3.63) is 21.9 Å². The van der Waals surface area contributed by atoms with Crippen LogP contribution in [0, 0.1) is 0 Å². The maximum Gasteiger partial charge on any atom is 0.127 e. The molecule has 0 aliphatic rings. The van der Waals surface area contributed by atoms with Gasteiger partial charge in [-0.25, -0.2) is 0 Å². The summed E-state index contributed by atoms with van der Waals surface area (Å²) in [5.41, 5.74) is 1.08. The van der Waals surface area contributed by atoms with Crippen LogP contribution < -0.4 is 5.32 Å². The molecule has 16 heavy (non-hydrogen) atoms. The Kier molecular flexibility index (Phi) is 5.62. The zero-order valence-electron chi connectivity index (χ0n) is 9.89. The van der Waals surface area contributed by atoms with E-state index in [2.05, 4.69) is 12.2 Å². The van der Waals surface area contributed by atoms with Gasteiger partial charge in [-0.3, -0.25) is 0 Å². The van der Waals surface area contributed by atoms with E-state index in [9.17, 15) is 0 Å². The number of hydrogen-bond acceptors (Lipinski definition) is 2. The van der Waals surface area contributed by atoms with E-state index in [0.717, 1.165) is 25.3 Å². The highest BCUT2D eigenvalue weighted by atomic mass is 35.5. The van der Waals surface area contributed by atoms with Crippen molar-refractivity contribution in [3.8, 4) is 0 Å². The third-order valence-corrected chi connectivity index (χ3v) is 3.44. The molecule has 1 heterocycles. The highest BCUT2D eigenvalue weighted by molar-refractivity contribution is 6.41. The third kappa shape index (κ3) is 3.67. The van der Waals surface area contributed by atoms with Crippen molar-refractivity contribution in [3.63, 3.8) is 0 Å². The molecule has 92 valence electrons. The SMILES string of the molecule is COCCC(C)NCc1cc(Cl)c(Cl)n1C. The van der Waals surface area contributed by atoms with Gasteiger partial charge in [0.25, 0.3) is 0 Å². The van der Waals surface area contributed by atoms with E-state index in [1.54, 1.807) is 7.11 Å². The number of rotatable bonds is 6. The van der Waals surface area contributed by atoms with Crippen LogP contribution >= 0.6 is 23.2 Å². The van der Waals surface area contributed by atoms with Gasteiger partial charge in [0, 0.05) is 39.0 Å². The van der Waals surface area contributed by atoms with Gasteiger partial charge < -0.3 is 14.6 Å². The molecule has 1 aromatic heterocycles. The van der Waals surface area contributed by atoms with Crippen molar-refractivity contribution < 1.29 is 4.74 Å². The van der Waals surface area contributed by atoms with Gasteiger partial charge in [0.15, 0.2) is 0 Å². The molecule has 1 rings (SSSR count). The molecule has 0 saturated carbocycles. The first kappa shape index (κ1) is 13.8. The summed E-state index contributed by atoms with van der Waals surface area (Å²) in [6, 6.07) is 2.30. The highest BCUT2D eigenvalue weighted by Gasteiger charge is 2.09. The molecule has 0 spiro atoms. The minimum Gasteiger partial charge on any atom is -0.385 e. The number of halogens is 2. The van der Waals surface area contributed by atoms with Crippen LogP contribution in [-0.2, 0) is 18.3 Å². The summed E-state index contributed by atoms with van der Waals surface area (Å²) in [5.74, 6) is 0. The molecule has 1 atom stereocenters. The molecule has 0 radical (unpaired) electrons. The van der Waals surface area contributed by atoms with Crippen LogP contribution in [0.15, 0.2) is 6.07 Å². The van der Waals surface area contributed by atoms with Crippen molar-refractivity contribution in [1.29, 1.82) is 0 Å². The van der Waals surface area contributed by atoms with Gasteiger partial charge in [0.2, 0.25) is 0 Å². The number of nitrogens with one attached hydrogen (secondary N) is 1. The molecule has 5 heteroatoms. The van der Waals surface area contributed by atoms with Crippen LogP contribution in [0.4, 0.5) is 0 Å². The van der Waals surface area contributed by atoms with Crippen molar-refractivity contribution >= 4 is 23.2 Å². The van der Waals surface area contributed by atoms with Crippen molar-refractivity contribution in [2.75, 3.05) is 13.7 Å². The smallest absolute Gasteiger partial charge is 0.127 e. The number of methoxy groups -OCH3 is 1. The van der Waals surface area contributed by atoms with Crippen LogP contribution in [0.1, 0.15) is 19.0 Å². The molecule has 1 unspecified atom stereocenters.